The number of hydrogen-bond acceptors (Lipinski definition) is 4. The zero-order valence-electron chi connectivity index (χ0n) is 10.3. The van der Waals surface area contributed by atoms with Crippen LogP contribution in [0.2, 0.25) is 0 Å². The molecule has 2 rings (SSSR count). The van der Waals surface area contributed by atoms with Gasteiger partial charge in [0, 0.05) is 6.54 Å². The molecule has 4 heteroatoms. The Kier molecular flexibility index (Phi) is 4.39. The maximum absolute atomic E-state index is 5.74. The fraction of sp³-hybridized carbons (Fsp3) is 0.286. The highest BCUT2D eigenvalue weighted by Gasteiger charge is 2.17. The number of nitrogens with two attached hydrogens (primary N) is 1. The lowest BCUT2D eigenvalue weighted by molar-refractivity contribution is 0.0709. The van der Waals surface area contributed by atoms with E-state index in [0.717, 1.165) is 17.1 Å². The molecule has 0 aliphatic carbocycles. The minimum atomic E-state index is -0.227. The molecular formula is C14H17NO3. The Morgan fingerprint density at radius 2 is 2.00 bits per heavy atom. The highest BCUT2D eigenvalue weighted by atomic mass is 16.5. The Morgan fingerprint density at radius 1 is 1.22 bits per heavy atom. The molecular weight excluding hydrogens is 230 g/mol. The normalized spacial score (nSPS) is 12.3. The number of ether oxygens (including phenoxy) is 2. The van der Waals surface area contributed by atoms with Gasteiger partial charge in [0.15, 0.2) is 0 Å². The smallest absolute Gasteiger partial charge is 0.140 e. The number of rotatable bonds is 6. The molecule has 18 heavy (non-hydrogen) atoms. The summed E-state index contributed by atoms with van der Waals surface area (Å²) in [4.78, 5) is 0. The zero-order chi connectivity index (χ0) is 12.8. The maximum Gasteiger partial charge on any atom is 0.140 e. The van der Waals surface area contributed by atoms with Gasteiger partial charge in [-0.1, -0.05) is 12.1 Å². The van der Waals surface area contributed by atoms with Crippen LogP contribution in [0.3, 0.4) is 0 Å². The van der Waals surface area contributed by atoms with Crippen LogP contribution in [0.15, 0.2) is 47.1 Å². The quantitative estimate of drug-likeness (QED) is 0.851. The standard InChI is InChI=1S/C14H17NO3/c1-16-12-6-4-11(5-7-12)14(18-10-8-15)13-3-2-9-17-13/h2-7,9,14H,8,10,15H2,1H3. The van der Waals surface area contributed by atoms with E-state index in [-0.39, 0.29) is 6.10 Å². The first-order valence-corrected chi connectivity index (χ1v) is 5.84. The maximum atomic E-state index is 5.74. The lowest BCUT2D eigenvalue weighted by Gasteiger charge is -2.16. The fourth-order valence-electron chi connectivity index (χ4n) is 1.75. The molecule has 0 bridgehead atoms. The molecule has 0 amide bonds. The summed E-state index contributed by atoms with van der Waals surface area (Å²) < 4.78 is 16.3. The van der Waals surface area contributed by atoms with Crippen LogP contribution in [0.25, 0.3) is 0 Å². The van der Waals surface area contributed by atoms with Crippen molar-refractivity contribution in [1.82, 2.24) is 0 Å². The predicted molar refractivity (Wildman–Crippen MR) is 68.6 cm³/mol. The monoisotopic (exact) mass is 247 g/mol. The van der Waals surface area contributed by atoms with E-state index in [1.165, 1.54) is 0 Å². The third-order valence-electron chi connectivity index (χ3n) is 2.62. The number of methoxy groups -OCH3 is 1. The van der Waals surface area contributed by atoms with Crippen LogP contribution in [0, 0.1) is 0 Å². The average Bonchev–Trinajstić information content (AvgIpc) is 2.94. The molecule has 96 valence electrons. The van der Waals surface area contributed by atoms with Crippen molar-refractivity contribution in [3.8, 4) is 5.75 Å². The van der Waals surface area contributed by atoms with Gasteiger partial charge in [-0.3, -0.25) is 0 Å². The summed E-state index contributed by atoms with van der Waals surface area (Å²) in [7, 11) is 1.64. The Morgan fingerprint density at radius 3 is 2.56 bits per heavy atom. The summed E-state index contributed by atoms with van der Waals surface area (Å²) in [5.41, 5.74) is 6.49. The van der Waals surface area contributed by atoms with Crippen molar-refractivity contribution in [2.75, 3.05) is 20.3 Å². The minimum absolute atomic E-state index is 0.227. The molecule has 0 aliphatic heterocycles. The van der Waals surface area contributed by atoms with Crippen molar-refractivity contribution in [3.63, 3.8) is 0 Å². The summed E-state index contributed by atoms with van der Waals surface area (Å²) in [6.07, 6.45) is 1.41. The number of hydrogen-bond donors (Lipinski definition) is 1. The van der Waals surface area contributed by atoms with Gasteiger partial charge < -0.3 is 19.6 Å². The molecule has 1 atom stereocenters. The van der Waals surface area contributed by atoms with E-state index in [0.29, 0.717) is 13.2 Å². The number of furan rings is 1. The van der Waals surface area contributed by atoms with Gasteiger partial charge >= 0.3 is 0 Å². The summed E-state index contributed by atoms with van der Waals surface area (Å²) in [5, 5.41) is 0. The topological polar surface area (TPSA) is 57.6 Å². The average molecular weight is 247 g/mol. The van der Waals surface area contributed by atoms with Crippen LogP contribution in [0.1, 0.15) is 17.4 Å². The second-order valence-electron chi connectivity index (χ2n) is 3.83. The summed E-state index contributed by atoms with van der Waals surface area (Å²) >= 11 is 0. The highest BCUT2D eigenvalue weighted by molar-refractivity contribution is 5.31. The van der Waals surface area contributed by atoms with Crippen molar-refractivity contribution in [3.05, 3.63) is 54.0 Å². The van der Waals surface area contributed by atoms with Crippen LogP contribution in [-0.2, 0) is 4.74 Å². The summed E-state index contributed by atoms with van der Waals surface area (Å²) in [6, 6.07) is 11.5. The van der Waals surface area contributed by atoms with Crippen LogP contribution < -0.4 is 10.5 Å². The van der Waals surface area contributed by atoms with Crippen molar-refractivity contribution >= 4 is 0 Å². The molecule has 1 heterocycles. The van der Waals surface area contributed by atoms with E-state index in [1.54, 1.807) is 13.4 Å². The second-order valence-corrected chi connectivity index (χ2v) is 3.83. The van der Waals surface area contributed by atoms with Gasteiger partial charge in [-0.15, -0.1) is 0 Å². The minimum Gasteiger partial charge on any atom is -0.497 e. The Hall–Kier alpha value is -1.78. The van der Waals surface area contributed by atoms with Gasteiger partial charge in [-0.2, -0.15) is 0 Å². The molecule has 2 N–H and O–H groups in total. The van der Waals surface area contributed by atoms with E-state index in [4.69, 9.17) is 19.6 Å². The first-order chi connectivity index (χ1) is 8.85. The lowest BCUT2D eigenvalue weighted by atomic mass is 10.1. The third kappa shape index (κ3) is 2.91. The van der Waals surface area contributed by atoms with Gasteiger partial charge in [-0.05, 0) is 29.8 Å². The molecule has 0 saturated heterocycles. The highest BCUT2D eigenvalue weighted by Crippen LogP contribution is 2.27. The molecule has 0 saturated carbocycles. The van der Waals surface area contributed by atoms with Gasteiger partial charge in [0.2, 0.25) is 0 Å². The van der Waals surface area contributed by atoms with Crippen LogP contribution in [0.4, 0.5) is 0 Å². The van der Waals surface area contributed by atoms with Crippen LogP contribution >= 0.6 is 0 Å². The predicted octanol–water partition coefficient (Wildman–Crippen LogP) is 2.35. The largest absolute Gasteiger partial charge is 0.497 e. The summed E-state index contributed by atoms with van der Waals surface area (Å²) in [6.45, 7) is 0.963. The van der Waals surface area contributed by atoms with Gasteiger partial charge in [0.05, 0.1) is 20.0 Å². The van der Waals surface area contributed by atoms with Gasteiger partial charge in [-0.25, -0.2) is 0 Å². The van der Waals surface area contributed by atoms with E-state index in [9.17, 15) is 0 Å². The fourth-order valence-corrected chi connectivity index (χ4v) is 1.75. The second kappa shape index (κ2) is 6.23. The van der Waals surface area contributed by atoms with Gasteiger partial charge in [0.25, 0.3) is 0 Å². The Bertz CT molecular complexity index is 450. The Labute approximate surface area is 106 Å². The molecule has 0 radical (unpaired) electrons. The van der Waals surface area contributed by atoms with E-state index in [1.807, 2.05) is 36.4 Å². The van der Waals surface area contributed by atoms with Crippen molar-refractivity contribution in [1.29, 1.82) is 0 Å². The van der Waals surface area contributed by atoms with Crippen molar-refractivity contribution in [2.24, 2.45) is 5.73 Å². The van der Waals surface area contributed by atoms with E-state index < -0.39 is 0 Å². The molecule has 0 fully saturated rings. The van der Waals surface area contributed by atoms with Crippen LogP contribution in [0.5, 0.6) is 5.75 Å². The van der Waals surface area contributed by atoms with E-state index >= 15 is 0 Å². The number of benzene rings is 1. The molecule has 2 aromatic rings. The molecule has 1 aromatic carbocycles. The molecule has 1 aromatic heterocycles. The van der Waals surface area contributed by atoms with E-state index in [2.05, 4.69) is 0 Å². The molecule has 0 aliphatic rings. The molecule has 1 unspecified atom stereocenters. The van der Waals surface area contributed by atoms with Crippen LogP contribution in [-0.4, -0.2) is 20.3 Å². The zero-order valence-corrected chi connectivity index (χ0v) is 10.3. The van der Waals surface area contributed by atoms with Crippen molar-refractivity contribution in [2.45, 2.75) is 6.10 Å². The first kappa shape index (κ1) is 12.7. The molecule has 0 spiro atoms. The summed E-state index contributed by atoms with van der Waals surface area (Å²) in [5.74, 6) is 1.59. The lowest BCUT2D eigenvalue weighted by Crippen LogP contribution is -2.13. The third-order valence-corrected chi connectivity index (χ3v) is 2.62. The van der Waals surface area contributed by atoms with Gasteiger partial charge in [0.1, 0.15) is 17.6 Å². The van der Waals surface area contributed by atoms with Crippen molar-refractivity contribution < 1.29 is 13.9 Å². The molecule has 4 nitrogen and oxygen atoms in total. The SMILES string of the molecule is COc1ccc(C(OCCN)c2ccco2)cc1. The Balaban J connectivity index is 2.21. The first-order valence-electron chi connectivity index (χ1n) is 5.84.